The maximum absolute atomic E-state index is 13.2. The summed E-state index contributed by atoms with van der Waals surface area (Å²) < 4.78 is 13.2. The second kappa shape index (κ2) is 8.08. The van der Waals surface area contributed by atoms with Gasteiger partial charge in [0.15, 0.2) is 0 Å². The topological polar surface area (TPSA) is 55.1 Å². The average molecular weight is 256 g/mol. The Morgan fingerprint density at radius 3 is 2.88 bits per heavy atom. The van der Waals surface area contributed by atoms with Crippen LogP contribution in [-0.4, -0.2) is 24.0 Å². The summed E-state index contributed by atoms with van der Waals surface area (Å²) >= 11 is 1.54. The highest BCUT2D eigenvalue weighted by molar-refractivity contribution is 7.99. The fraction of sp³-hybridized carbons (Fsp3) is 0.417. The summed E-state index contributed by atoms with van der Waals surface area (Å²) in [6.07, 6.45) is 0.908. The number of hydrogen-bond donors (Lipinski definition) is 2. The Morgan fingerprint density at radius 1 is 1.41 bits per heavy atom. The first-order valence-electron chi connectivity index (χ1n) is 5.52. The molecule has 1 aromatic rings. The lowest BCUT2D eigenvalue weighted by Crippen LogP contribution is -2.25. The normalized spacial score (nSPS) is 10.2. The molecular formula is C12H17FN2OS. The van der Waals surface area contributed by atoms with Crippen LogP contribution in [0.3, 0.4) is 0 Å². The maximum atomic E-state index is 13.2. The quantitative estimate of drug-likeness (QED) is 0.727. The second-order valence-corrected chi connectivity index (χ2v) is 4.67. The third-order valence-electron chi connectivity index (χ3n) is 2.16. The number of amides is 1. The number of nitrogens with two attached hydrogens (primary N) is 1. The monoisotopic (exact) mass is 256 g/mol. The first kappa shape index (κ1) is 14.0. The van der Waals surface area contributed by atoms with E-state index in [1.54, 1.807) is 18.2 Å². The summed E-state index contributed by atoms with van der Waals surface area (Å²) in [6, 6.07) is 6.43. The van der Waals surface area contributed by atoms with E-state index in [0.29, 0.717) is 17.9 Å². The predicted molar refractivity (Wildman–Crippen MR) is 69.2 cm³/mol. The summed E-state index contributed by atoms with van der Waals surface area (Å²) in [5.74, 6) is 0.914. The van der Waals surface area contributed by atoms with Gasteiger partial charge in [0.05, 0.1) is 5.75 Å². The molecule has 0 saturated heterocycles. The highest BCUT2D eigenvalue weighted by atomic mass is 32.2. The number of nitrogens with one attached hydrogen (secondary N) is 1. The number of carbonyl (C=O) groups is 1. The SMILES string of the molecule is NCCCSCC(=O)NCc1ccccc1F. The van der Waals surface area contributed by atoms with E-state index >= 15 is 0 Å². The molecule has 3 nitrogen and oxygen atoms in total. The lowest BCUT2D eigenvalue weighted by atomic mass is 10.2. The van der Waals surface area contributed by atoms with Crippen LogP contribution in [0.15, 0.2) is 24.3 Å². The van der Waals surface area contributed by atoms with Gasteiger partial charge in [0.1, 0.15) is 5.82 Å². The molecule has 0 radical (unpaired) electrons. The van der Waals surface area contributed by atoms with Crippen molar-refractivity contribution in [2.75, 3.05) is 18.1 Å². The fourth-order valence-corrected chi connectivity index (χ4v) is 2.04. The molecule has 17 heavy (non-hydrogen) atoms. The van der Waals surface area contributed by atoms with Crippen LogP contribution < -0.4 is 11.1 Å². The molecule has 1 rings (SSSR count). The van der Waals surface area contributed by atoms with Crippen molar-refractivity contribution >= 4 is 17.7 Å². The van der Waals surface area contributed by atoms with Crippen LogP contribution in [0.5, 0.6) is 0 Å². The van der Waals surface area contributed by atoms with Gasteiger partial charge in [0.25, 0.3) is 0 Å². The van der Waals surface area contributed by atoms with Gasteiger partial charge >= 0.3 is 0 Å². The van der Waals surface area contributed by atoms with Crippen LogP contribution in [0.4, 0.5) is 4.39 Å². The van der Waals surface area contributed by atoms with Crippen LogP contribution in [0, 0.1) is 5.82 Å². The van der Waals surface area contributed by atoms with Gasteiger partial charge in [-0.2, -0.15) is 11.8 Å². The minimum Gasteiger partial charge on any atom is -0.351 e. The van der Waals surface area contributed by atoms with Crippen molar-refractivity contribution < 1.29 is 9.18 Å². The van der Waals surface area contributed by atoms with Crippen molar-refractivity contribution in [2.45, 2.75) is 13.0 Å². The zero-order valence-corrected chi connectivity index (χ0v) is 10.4. The Morgan fingerprint density at radius 2 is 2.18 bits per heavy atom. The standard InChI is InChI=1S/C12H17FN2OS/c13-11-5-2-1-4-10(11)8-15-12(16)9-17-7-3-6-14/h1-2,4-5H,3,6-9,14H2,(H,15,16). The molecule has 1 aromatic carbocycles. The molecule has 0 aliphatic carbocycles. The Kier molecular flexibility index (Phi) is 6.65. The minimum absolute atomic E-state index is 0.0738. The van der Waals surface area contributed by atoms with Gasteiger partial charge in [0, 0.05) is 12.1 Å². The lowest BCUT2D eigenvalue weighted by molar-refractivity contribution is -0.118. The molecule has 1 amide bonds. The van der Waals surface area contributed by atoms with Crippen LogP contribution in [0.1, 0.15) is 12.0 Å². The lowest BCUT2D eigenvalue weighted by Gasteiger charge is -2.05. The third-order valence-corrected chi connectivity index (χ3v) is 3.20. The smallest absolute Gasteiger partial charge is 0.230 e. The average Bonchev–Trinajstić information content (AvgIpc) is 2.34. The predicted octanol–water partition coefficient (Wildman–Crippen LogP) is 1.52. The van der Waals surface area contributed by atoms with Crippen molar-refractivity contribution in [3.8, 4) is 0 Å². The van der Waals surface area contributed by atoms with Crippen molar-refractivity contribution in [1.29, 1.82) is 0 Å². The van der Waals surface area contributed by atoms with E-state index in [0.717, 1.165) is 12.2 Å². The number of benzene rings is 1. The first-order chi connectivity index (χ1) is 8.24. The van der Waals surface area contributed by atoms with Gasteiger partial charge in [-0.1, -0.05) is 18.2 Å². The molecule has 0 atom stereocenters. The van der Waals surface area contributed by atoms with E-state index in [1.165, 1.54) is 17.8 Å². The van der Waals surface area contributed by atoms with Crippen molar-refractivity contribution in [1.82, 2.24) is 5.32 Å². The molecule has 0 heterocycles. The molecule has 5 heteroatoms. The molecule has 0 aromatic heterocycles. The van der Waals surface area contributed by atoms with Gasteiger partial charge in [-0.3, -0.25) is 4.79 Å². The highest BCUT2D eigenvalue weighted by Crippen LogP contribution is 2.06. The minimum atomic E-state index is -0.288. The number of rotatable bonds is 7. The van der Waals surface area contributed by atoms with E-state index in [4.69, 9.17) is 5.73 Å². The molecule has 0 unspecified atom stereocenters. The molecule has 3 N–H and O–H groups in total. The van der Waals surface area contributed by atoms with E-state index in [2.05, 4.69) is 5.32 Å². The zero-order valence-electron chi connectivity index (χ0n) is 9.62. The molecule has 0 aliphatic rings. The first-order valence-corrected chi connectivity index (χ1v) is 6.67. The van der Waals surface area contributed by atoms with Crippen molar-refractivity contribution in [3.63, 3.8) is 0 Å². The summed E-state index contributed by atoms with van der Waals surface area (Å²) in [6.45, 7) is 0.882. The summed E-state index contributed by atoms with van der Waals surface area (Å²) in [7, 11) is 0. The largest absolute Gasteiger partial charge is 0.351 e. The molecule has 0 spiro atoms. The van der Waals surface area contributed by atoms with Crippen molar-refractivity contribution in [3.05, 3.63) is 35.6 Å². The molecule has 0 fully saturated rings. The number of hydrogen-bond acceptors (Lipinski definition) is 3. The Hall–Kier alpha value is -1.07. The summed E-state index contributed by atoms with van der Waals surface area (Å²) in [4.78, 5) is 11.4. The molecule has 0 aliphatic heterocycles. The highest BCUT2D eigenvalue weighted by Gasteiger charge is 2.04. The molecule has 94 valence electrons. The molecule has 0 bridgehead atoms. The third kappa shape index (κ3) is 5.70. The Balaban J connectivity index is 2.22. The van der Waals surface area contributed by atoms with Crippen LogP contribution in [0.25, 0.3) is 0 Å². The van der Waals surface area contributed by atoms with Gasteiger partial charge in [-0.25, -0.2) is 4.39 Å². The summed E-state index contributed by atoms with van der Waals surface area (Å²) in [5, 5.41) is 2.69. The zero-order chi connectivity index (χ0) is 12.5. The maximum Gasteiger partial charge on any atom is 0.230 e. The van der Waals surface area contributed by atoms with E-state index in [9.17, 15) is 9.18 Å². The Bertz CT molecular complexity index is 360. The van der Waals surface area contributed by atoms with Gasteiger partial charge in [0.2, 0.25) is 5.91 Å². The number of thioether (sulfide) groups is 1. The fourth-order valence-electron chi connectivity index (χ4n) is 1.24. The summed E-state index contributed by atoms with van der Waals surface area (Å²) in [5.41, 5.74) is 5.85. The van der Waals surface area contributed by atoms with Gasteiger partial charge in [-0.15, -0.1) is 0 Å². The van der Waals surface area contributed by atoms with Gasteiger partial charge < -0.3 is 11.1 Å². The van der Waals surface area contributed by atoms with E-state index in [1.807, 2.05) is 0 Å². The van der Waals surface area contributed by atoms with Crippen LogP contribution in [0.2, 0.25) is 0 Å². The number of carbonyl (C=O) groups excluding carboxylic acids is 1. The van der Waals surface area contributed by atoms with Gasteiger partial charge in [-0.05, 0) is 24.8 Å². The second-order valence-electron chi connectivity index (χ2n) is 3.56. The van der Waals surface area contributed by atoms with Crippen LogP contribution >= 0.6 is 11.8 Å². The molecule has 0 saturated carbocycles. The molecular weight excluding hydrogens is 239 g/mol. The van der Waals surface area contributed by atoms with Crippen molar-refractivity contribution in [2.24, 2.45) is 5.73 Å². The van der Waals surface area contributed by atoms with E-state index in [-0.39, 0.29) is 18.3 Å². The Labute approximate surface area is 105 Å². The van der Waals surface area contributed by atoms with Crippen LogP contribution in [-0.2, 0) is 11.3 Å². The van der Waals surface area contributed by atoms with E-state index < -0.39 is 0 Å². The number of halogens is 1.